The number of nitrogens with two attached hydrogens (primary N) is 1. The topological polar surface area (TPSA) is 55.1 Å². The maximum atomic E-state index is 11.6. The molecule has 1 amide bonds. The molecule has 0 unspecified atom stereocenters. The highest BCUT2D eigenvalue weighted by Gasteiger charge is 2.09. The predicted molar refractivity (Wildman–Crippen MR) is 70.9 cm³/mol. The average Bonchev–Trinajstić information content (AvgIpc) is 2.29. The van der Waals surface area contributed by atoms with E-state index in [1.807, 2.05) is 13.8 Å². The first-order valence-corrected chi connectivity index (χ1v) is 5.71. The van der Waals surface area contributed by atoms with E-state index in [0.717, 1.165) is 0 Å². The highest BCUT2D eigenvalue weighted by Crippen LogP contribution is 2.20. The number of amides is 1. The molecule has 0 saturated heterocycles. The maximum Gasteiger partial charge on any atom is 0.226 e. The lowest BCUT2D eigenvalue weighted by Gasteiger charge is -2.09. The number of rotatable bonds is 2. The number of benzene rings is 1. The van der Waals surface area contributed by atoms with Gasteiger partial charge < -0.3 is 11.1 Å². The Morgan fingerprint density at radius 1 is 1.53 bits per heavy atom. The molecule has 0 aliphatic heterocycles. The Morgan fingerprint density at radius 3 is 2.82 bits per heavy atom. The molecule has 3 nitrogen and oxygen atoms in total. The molecule has 3 N–H and O–H groups in total. The Morgan fingerprint density at radius 2 is 2.24 bits per heavy atom. The van der Waals surface area contributed by atoms with Crippen LogP contribution in [0.1, 0.15) is 19.4 Å². The molecule has 90 valence electrons. The minimum absolute atomic E-state index is 0.0527. The molecule has 1 rings (SSSR count). The van der Waals surface area contributed by atoms with Gasteiger partial charge in [0.15, 0.2) is 0 Å². The lowest BCUT2D eigenvalue weighted by molar-refractivity contribution is -0.118. The van der Waals surface area contributed by atoms with Crippen LogP contribution in [0.5, 0.6) is 0 Å². The third-order valence-corrected chi connectivity index (χ3v) is 2.32. The van der Waals surface area contributed by atoms with Gasteiger partial charge in [0.1, 0.15) is 0 Å². The Labute approximate surface area is 106 Å². The van der Waals surface area contributed by atoms with Crippen LogP contribution in [0.2, 0.25) is 5.02 Å². The Kier molecular flexibility index (Phi) is 5.02. The second-order valence-corrected chi connectivity index (χ2v) is 4.28. The monoisotopic (exact) mass is 250 g/mol. The number of halogens is 1. The molecule has 1 aromatic carbocycles. The third kappa shape index (κ3) is 4.10. The van der Waals surface area contributed by atoms with Crippen molar-refractivity contribution in [3.05, 3.63) is 28.8 Å². The number of hydrogen-bond acceptors (Lipinski definition) is 2. The fraction of sp³-hybridized carbons (Fsp3) is 0.308. The van der Waals surface area contributed by atoms with E-state index in [-0.39, 0.29) is 18.4 Å². The molecule has 0 heterocycles. The summed E-state index contributed by atoms with van der Waals surface area (Å²) in [5.74, 6) is 5.49. The Hall–Kier alpha value is -1.50. The second kappa shape index (κ2) is 6.29. The van der Waals surface area contributed by atoms with Gasteiger partial charge in [0, 0.05) is 16.5 Å². The second-order valence-electron chi connectivity index (χ2n) is 3.84. The lowest BCUT2D eigenvalue weighted by Crippen LogP contribution is -2.18. The molecule has 0 bridgehead atoms. The first-order chi connectivity index (χ1) is 8.04. The molecule has 0 saturated carbocycles. The highest BCUT2D eigenvalue weighted by atomic mass is 35.5. The fourth-order valence-corrected chi connectivity index (χ4v) is 1.32. The van der Waals surface area contributed by atoms with E-state index in [9.17, 15) is 4.79 Å². The van der Waals surface area contributed by atoms with Crippen molar-refractivity contribution in [1.29, 1.82) is 0 Å². The van der Waals surface area contributed by atoms with E-state index in [4.69, 9.17) is 17.3 Å². The molecular weight excluding hydrogens is 236 g/mol. The predicted octanol–water partition coefficient (Wildman–Crippen LogP) is 2.24. The number of nitrogens with one attached hydrogen (secondary N) is 1. The van der Waals surface area contributed by atoms with Crippen LogP contribution in [-0.2, 0) is 4.79 Å². The maximum absolute atomic E-state index is 11.6. The van der Waals surface area contributed by atoms with Gasteiger partial charge in [0.2, 0.25) is 5.91 Å². The molecule has 0 spiro atoms. The van der Waals surface area contributed by atoms with Crippen LogP contribution in [0.15, 0.2) is 18.2 Å². The van der Waals surface area contributed by atoms with Crippen molar-refractivity contribution in [2.45, 2.75) is 13.8 Å². The summed E-state index contributed by atoms with van der Waals surface area (Å²) in [6, 6.07) is 5.16. The minimum Gasteiger partial charge on any atom is -0.325 e. The van der Waals surface area contributed by atoms with Crippen LogP contribution in [0.25, 0.3) is 0 Å². The Bertz CT molecular complexity index is 472. The normalized spacial score (nSPS) is 9.71. The van der Waals surface area contributed by atoms with E-state index in [2.05, 4.69) is 17.2 Å². The van der Waals surface area contributed by atoms with E-state index in [1.165, 1.54) is 0 Å². The van der Waals surface area contributed by atoms with Gasteiger partial charge in [-0.05, 0) is 18.2 Å². The summed E-state index contributed by atoms with van der Waals surface area (Å²) < 4.78 is 0. The van der Waals surface area contributed by atoms with Gasteiger partial charge in [-0.15, -0.1) is 0 Å². The quantitative estimate of drug-likeness (QED) is 0.791. The molecule has 17 heavy (non-hydrogen) atoms. The van der Waals surface area contributed by atoms with E-state index >= 15 is 0 Å². The van der Waals surface area contributed by atoms with Crippen LogP contribution < -0.4 is 11.1 Å². The minimum atomic E-state index is -0.0824. The molecular formula is C13H15ClN2O. The van der Waals surface area contributed by atoms with Crippen molar-refractivity contribution in [2.75, 3.05) is 11.9 Å². The summed E-state index contributed by atoms with van der Waals surface area (Å²) in [7, 11) is 0. The van der Waals surface area contributed by atoms with Gasteiger partial charge in [0.05, 0.1) is 12.2 Å². The van der Waals surface area contributed by atoms with E-state index in [0.29, 0.717) is 16.3 Å². The van der Waals surface area contributed by atoms with Gasteiger partial charge in [-0.3, -0.25) is 4.79 Å². The summed E-state index contributed by atoms with van der Waals surface area (Å²) in [6.07, 6.45) is 0. The fourth-order valence-electron chi connectivity index (χ4n) is 1.15. The number of hydrogen-bond donors (Lipinski definition) is 2. The van der Waals surface area contributed by atoms with Gasteiger partial charge >= 0.3 is 0 Å². The van der Waals surface area contributed by atoms with Gasteiger partial charge in [-0.2, -0.15) is 0 Å². The lowest BCUT2D eigenvalue weighted by atomic mass is 10.1. The average molecular weight is 251 g/mol. The number of carbonyl (C=O) groups excluding carboxylic acids is 1. The van der Waals surface area contributed by atoms with Gasteiger partial charge in [-0.1, -0.05) is 37.3 Å². The van der Waals surface area contributed by atoms with E-state index < -0.39 is 0 Å². The number of carbonyl (C=O) groups is 1. The van der Waals surface area contributed by atoms with Crippen LogP contribution in [0, 0.1) is 17.8 Å². The van der Waals surface area contributed by atoms with Crippen molar-refractivity contribution < 1.29 is 4.79 Å². The van der Waals surface area contributed by atoms with Crippen LogP contribution >= 0.6 is 11.6 Å². The SMILES string of the molecule is CC(C)C(=O)Nc1ccc(Cl)cc1C#CCN. The van der Waals surface area contributed by atoms with Crippen LogP contribution in [0.3, 0.4) is 0 Å². The highest BCUT2D eigenvalue weighted by molar-refractivity contribution is 6.30. The largest absolute Gasteiger partial charge is 0.325 e. The summed E-state index contributed by atoms with van der Waals surface area (Å²) in [4.78, 5) is 11.6. The van der Waals surface area contributed by atoms with Crippen molar-refractivity contribution in [2.24, 2.45) is 11.7 Å². The zero-order valence-corrected chi connectivity index (χ0v) is 10.6. The zero-order chi connectivity index (χ0) is 12.8. The Balaban J connectivity index is 3.02. The molecule has 0 aliphatic rings. The molecule has 1 aromatic rings. The first kappa shape index (κ1) is 13.6. The van der Waals surface area contributed by atoms with Gasteiger partial charge in [-0.25, -0.2) is 0 Å². The van der Waals surface area contributed by atoms with Crippen molar-refractivity contribution in [1.82, 2.24) is 0 Å². The van der Waals surface area contributed by atoms with Gasteiger partial charge in [0.25, 0.3) is 0 Å². The molecule has 4 heteroatoms. The molecule has 0 aliphatic carbocycles. The van der Waals surface area contributed by atoms with Crippen molar-refractivity contribution >= 4 is 23.2 Å². The smallest absolute Gasteiger partial charge is 0.226 e. The van der Waals surface area contributed by atoms with Crippen LogP contribution in [0.4, 0.5) is 5.69 Å². The summed E-state index contributed by atoms with van der Waals surface area (Å²) in [5.41, 5.74) is 6.66. The van der Waals surface area contributed by atoms with Crippen molar-refractivity contribution in [3.8, 4) is 11.8 Å². The molecule has 0 radical (unpaired) electrons. The summed E-state index contributed by atoms with van der Waals surface area (Å²) >= 11 is 5.88. The van der Waals surface area contributed by atoms with Crippen molar-refractivity contribution in [3.63, 3.8) is 0 Å². The summed E-state index contributed by atoms with van der Waals surface area (Å²) in [6.45, 7) is 3.93. The molecule has 0 atom stereocenters. The van der Waals surface area contributed by atoms with Crippen LogP contribution in [-0.4, -0.2) is 12.5 Å². The standard InChI is InChI=1S/C13H15ClN2O/c1-9(2)13(17)16-12-6-5-11(14)8-10(12)4-3-7-15/h5-6,8-9H,7,15H2,1-2H3,(H,16,17). The summed E-state index contributed by atoms with van der Waals surface area (Å²) in [5, 5.41) is 3.38. The first-order valence-electron chi connectivity index (χ1n) is 5.34. The number of anilines is 1. The third-order valence-electron chi connectivity index (χ3n) is 2.09. The van der Waals surface area contributed by atoms with E-state index in [1.54, 1.807) is 18.2 Å². The zero-order valence-electron chi connectivity index (χ0n) is 9.88. The molecule has 0 aromatic heterocycles. The molecule has 0 fully saturated rings.